The van der Waals surface area contributed by atoms with E-state index in [2.05, 4.69) is 29.6 Å². The van der Waals surface area contributed by atoms with Gasteiger partial charge in [-0.25, -0.2) is 4.79 Å². The van der Waals surface area contributed by atoms with E-state index in [1.807, 2.05) is 99.6 Å². The van der Waals surface area contributed by atoms with Crippen molar-refractivity contribution in [2.75, 3.05) is 11.4 Å². The second-order valence-corrected chi connectivity index (χ2v) is 12.2. The largest absolute Gasteiger partial charge is 0.444 e. The lowest BCUT2D eigenvalue weighted by molar-refractivity contribution is -0.129. The van der Waals surface area contributed by atoms with Crippen LogP contribution in [0.2, 0.25) is 0 Å². The number of nitrogens with two attached hydrogens (primary N) is 1. The van der Waals surface area contributed by atoms with Gasteiger partial charge in [-0.2, -0.15) is 0 Å². The first-order valence-electron chi connectivity index (χ1n) is 15.3. The SMILES string of the molecule is Cc1ccc(CCN(C(=O)C(NC(=O)[C@@H](CC(C)(C)OC(N)=O)c2ccccc2)c2ccccc2)c2ccc(C)c(C)c2)cc1. The first-order valence-corrected chi connectivity index (χ1v) is 15.3. The van der Waals surface area contributed by atoms with Crippen molar-refractivity contribution in [3.63, 3.8) is 0 Å². The third kappa shape index (κ3) is 9.05. The number of primary amides is 1. The zero-order valence-corrected chi connectivity index (χ0v) is 26.7. The summed E-state index contributed by atoms with van der Waals surface area (Å²) in [5, 5.41) is 3.09. The van der Waals surface area contributed by atoms with E-state index >= 15 is 0 Å². The van der Waals surface area contributed by atoms with Gasteiger partial charge in [-0.15, -0.1) is 0 Å². The molecule has 0 aliphatic heterocycles. The zero-order chi connectivity index (χ0) is 32.6. The average molecular weight is 606 g/mol. The number of carbonyl (C=O) groups is 3. The standard InChI is InChI=1S/C38H43N3O4/c1-26-16-19-29(20-17-26)22-23-41(32-21-18-27(2)28(3)24-32)36(43)34(31-14-10-7-11-15-31)40-35(42)33(30-12-8-6-9-13-30)25-38(4,5)45-37(39)44/h6-21,24,33-34H,22-23,25H2,1-5H3,(H2,39,44)(H,40,42)/t33-,34?/m0/s1. The number of benzene rings is 4. The molecule has 1 unspecified atom stereocenters. The van der Waals surface area contributed by atoms with E-state index in [4.69, 9.17) is 10.5 Å². The lowest BCUT2D eigenvalue weighted by atomic mass is 9.86. The fraction of sp³-hybridized carbons (Fsp3) is 0.289. The Labute approximate surface area is 266 Å². The second kappa shape index (κ2) is 14.7. The Kier molecular flexibility index (Phi) is 10.8. The third-order valence-electron chi connectivity index (χ3n) is 8.07. The van der Waals surface area contributed by atoms with Crippen LogP contribution in [0.3, 0.4) is 0 Å². The van der Waals surface area contributed by atoms with Gasteiger partial charge in [0.15, 0.2) is 0 Å². The van der Waals surface area contributed by atoms with Crippen molar-refractivity contribution in [2.45, 2.75) is 65.0 Å². The number of carbonyl (C=O) groups excluding carboxylic acids is 3. The van der Waals surface area contributed by atoms with Gasteiger partial charge in [0.1, 0.15) is 11.6 Å². The minimum atomic E-state index is -1.03. The van der Waals surface area contributed by atoms with Gasteiger partial charge in [-0.1, -0.05) is 96.6 Å². The molecule has 4 aromatic carbocycles. The number of aryl methyl sites for hydroxylation is 3. The number of amides is 3. The van der Waals surface area contributed by atoms with Crippen LogP contribution < -0.4 is 16.0 Å². The Hall–Kier alpha value is -4.91. The summed E-state index contributed by atoms with van der Waals surface area (Å²) in [6.45, 7) is 9.97. The van der Waals surface area contributed by atoms with Crippen molar-refractivity contribution in [3.8, 4) is 0 Å². The molecular formula is C38H43N3O4. The van der Waals surface area contributed by atoms with E-state index in [1.54, 1.807) is 18.7 Å². The van der Waals surface area contributed by atoms with Gasteiger partial charge in [-0.05, 0) is 81.0 Å². The van der Waals surface area contributed by atoms with E-state index in [1.165, 1.54) is 5.56 Å². The Balaban J connectivity index is 1.72. The van der Waals surface area contributed by atoms with E-state index in [0.29, 0.717) is 18.5 Å². The quantitative estimate of drug-likeness (QED) is 0.180. The molecule has 0 saturated heterocycles. The first kappa shape index (κ1) is 33.0. The highest BCUT2D eigenvalue weighted by atomic mass is 16.6. The van der Waals surface area contributed by atoms with Crippen LogP contribution in [0.5, 0.6) is 0 Å². The molecule has 2 atom stereocenters. The molecule has 3 amide bonds. The van der Waals surface area contributed by atoms with Gasteiger partial charge in [0.25, 0.3) is 5.91 Å². The number of nitrogens with one attached hydrogen (secondary N) is 1. The van der Waals surface area contributed by atoms with Crippen LogP contribution in [0, 0.1) is 20.8 Å². The monoisotopic (exact) mass is 605 g/mol. The third-order valence-corrected chi connectivity index (χ3v) is 8.07. The van der Waals surface area contributed by atoms with Gasteiger partial charge >= 0.3 is 6.09 Å². The summed E-state index contributed by atoms with van der Waals surface area (Å²) in [5.41, 5.74) is 11.0. The van der Waals surface area contributed by atoms with Crippen molar-refractivity contribution in [2.24, 2.45) is 5.73 Å². The maximum atomic E-state index is 14.7. The fourth-order valence-electron chi connectivity index (χ4n) is 5.44. The van der Waals surface area contributed by atoms with Crippen LogP contribution in [0.15, 0.2) is 103 Å². The molecule has 7 heteroatoms. The topological polar surface area (TPSA) is 102 Å². The number of nitrogens with zero attached hydrogens (tertiary/aromatic N) is 1. The summed E-state index contributed by atoms with van der Waals surface area (Å²) in [7, 11) is 0. The van der Waals surface area contributed by atoms with Crippen molar-refractivity contribution in [1.82, 2.24) is 5.32 Å². The van der Waals surface area contributed by atoms with Crippen LogP contribution in [0.1, 0.15) is 65.6 Å². The Morgan fingerprint density at radius 1 is 0.800 bits per heavy atom. The lowest BCUT2D eigenvalue weighted by Gasteiger charge is -2.32. The highest BCUT2D eigenvalue weighted by Gasteiger charge is 2.35. The molecule has 45 heavy (non-hydrogen) atoms. The van der Waals surface area contributed by atoms with Crippen LogP contribution in [0.4, 0.5) is 10.5 Å². The molecule has 0 fully saturated rings. The Morgan fingerprint density at radius 3 is 1.98 bits per heavy atom. The fourth-order valence-corrected chi connectivity index (χ4v) is 5.44. The lowest BCUT2D eigenvalue weighted by Crippen LogP contribution is -2.46. The predicted octanol–water partition coefficient (Wildman–Crippen LogP) is 7.09. The van der Waals surface area contributed by atoms with Crippen molar-refractivity contribution in [3.05, 3.63) is 137 Å². The molecule has 234 valence electrons. The van der Waals surface area contributed by atoms with Crippen molar-refractivity contribution < 1.29 is 19.1 Å². The van der Waals surface area contributed by atoms with E-state index < -0.39 is 23.7 Å². The predicted molar refractivity (Wildman–Crippen MR) is 179 cm³/mol. The van der Waals surface area contributed by atoms with E-state index in [-0.39, 0.29) is 18.2 Å². The average Bonchev–Trinajstić information content (AvgIpc) is 3.01. The summed E-state index contributed by atoms with van der Waals surface area (Å²) in [5.74, 6) is -1.32. The molecule has 4 aromatic rings. The molecule has 4 rings (SSSR count). The summed E-state index contributed by atoms with van der Waals surface area (Å²) in [6, 6.07) is 31.9. The Bertz CT molecular complexity index is 1600. The molecule has 0 spiro atoms. The second-order valence-electron chi connectivity index (χ2n) is 12.2. The number of rotatable bonds is 12. The van der Waals surface area contributed by atoms with E-state index in [0.717, 1.165) is 27.9 Å². The summed E-state index contributed by atoms with van der Waals surface area (Å²) < 4.78 is 5.36. The highest BCUT2D eigenvalue weighted by molar-refractivity contribution is 6.00. The number of ether oxygens (including phenoxy) is 1. The van der Waals surface area contributed by atoms with Crippen molar-refractivity contribution >= 4 is 23.6 Å². The van der Waals surface area contributed by atoms with Crippen LogP contribution >= 0.6 is 0 Å². The molecule has 0 aromatic heterocycles. The number of anilines is 1. The van der Waals surface area contributed by atoms with Crippen molar-refractivity contribution in [1.29, 1.82) is 0 Å². The van der Waals surface area contributed by atoms with Gasteiger partial charge < -0.3 is 20.7 Å². The van der Waals surface area contributed by atoms with Crippen LogP contribution in [-0.2, 0) is 20.7 Å². The van der Waals surface area contributed by atoms with Gasteiger partial charge in [0.2, 0.25) is 5.91 Å². The molecule has 0 radical (unpaired) electrons. The maximum absolute atomic E-state index is 14.7. The maximum Gasteiger partial charge on any atom is 0.405 e. The summed E-state index contributed by atoms with van der Waals surface area (Å²) in [4.78, 5) is 42.3. The molecule has 0 bridgehead atoms. The van der Waals surface area contributed by atoms with E-state index in [9.17, 15) is 14.4 Å². The molecular weight excluding hydrogens is 562 g/mol. The summed E-state index contributed by atoms with van der Waals surface area (Å²) >= 11 is 0. The molecule has 0 heterocycles. The number of hydrogen-bond donors (Lipinski definition) is 2. The highest BCUT2D eigenvalue weighted by Crippen LogP contribution is 2.31. The normalized spacial score (nSPS) is 12.6. The minimum Gasteiger partial charge on any atom is -0.444 e. The molecule has 7 nitrogen and oxygen atoms in total. The molecule has 0 saturated carbocycles. The molecule has 0 aliphatic rings. The summed E-state index contributed by atoms with van der Waals surface area (Å²) in [6.07, 6.45) is -0.114. The Morgan fingerprint density at radius 2 is 1.40 bits per heavy atom. The van der Waals surface area contributed by atoms with Crippen LogP contribution in [0.25, 0.3) is 0 Å². The van der Waals surface area contributed by atoms with Gasteiger partial charge in [0, 0.05) is 18.7 Å². The minimum absolute atomic E-state index is 0.162. The number of hydrogen-bond acceptors (Lipinski definition) is 4. The molecule has 0 aliphatic carbocycles. The van der Waals surface area contributed by atoms with Gasteiger partial charge in [-0.3, -0.25) is 9.59 Å². The van der Waals surface area contributed by atoms with Gasteiger partial charge in [0.05, 0.1) is 5.92 Å². The zero-order valence-electron chi connectivity index (χ0n) is 26.7. The first-order chi connectivity index (χ1) is 21.4. The molecule has 3 N–H and O–H groups in total. The van der Waals surface area contributed by atoms with Crippen LogP contribution in [-0.4, -0.2) is 30.1 Å². The smallest absolute Gasteiger partial charge is 0.405 e.